The van der Waals surface area contributed by atoms with Gasteiger partial charge in [0.25, 0.3) is 0 Å². The van der Waals surface area contributed by atoms with Gasteiger partial charge in [-0.05, 0) is 12.8 Å². The lowest BCUT2D eigenvalue weighted by molar-refractivity contribution is 0.111. The van der Waals surface area contributed by atoms with Crippen LogP contribution in [0, 0.1) is 0 Å². The van der Waals surface area contributed by atoms with E-state index in [1.165, 1.54) is 263 Å². The lowest BCUT2D eigenvalue weighted by atomic mass is 10.0. The van der Waals surface area contributed by atoms with Crippen LogP contribution in [-0.4, -0.2) is 19.5 Å². The second-order valence-corrected chi connectivity index (χ2v) is 17.3. The van der Waals surface area contributed by atoms with Gasteiger partial charge in [-0.3, -0.25) is 4.79 Å². The number of carbonyl (C=O) groups is 1. The van der Waals surface area contributed by atoms with Gasteiger partial charge in [0.1, 0.15) is 6.26 Å². The van der Waals surface area contributed by atoms with Gasteiger partial charge in [0, 0.05) is 0 Å². The largest absolute Gasteiger partial charge is 0.486 e. The minimum absolute atomic E-state index is 0.374. The molecule has 0 fully saturated rings. The summed E-state index contributed by atoms with van der Waals surface area (Å²) >= 11 is 0. The number of unbranched alkanes of at least 4 members (excludes halogenated alkanes) is 40. The Labute approximate surface area is 344 Å². The van der Waals surface area contributed by atoms with Crippen LogP contribution < -0.4 is 9.47 Å². The summed E-state index contributed by atoms with van der Waals surface area (Å²) in [6.07, 6.45) is 60.4. The molecule has 0 aliphatic carbocycles. The third kappa shape index (κ3) is 35.4. The fourth-order valence-electron chi connectivity index (χ4n) is 8.07. The van der Waals surface area contributed by atoms with Gasteiger partial charge in [0.15, 0.2) is 6.29 Å². The van der Waals surface area contributed by atoms with Crippen LogP contribution in [-0.2, 0) is 0 Å². The Kier molecular flexibility index (Phi) is 40.9. The fourth-order valence-corrected chi connectivity index (χ4v) is 8.07. The number of furan rings is 1. The Balaban J connectivity index is 1.86. The molecule has 0 atom stereocenters. The molecule has 1 aromatic heterocycles. The topological polar surface area (TPSA) is 48.7 Å². The second-order valence-electron chi connectivity index (χ2n) is 17.3. The summed E-state index contributed by atoms with van der Waals surface area (Å²) in [5.74, 6) is 0.866. The highest BCUT2D eigenvalue weighted by atomic mass is 16.6. The zero-order valence-electron chi connectivity index (χ0n) is 37.4. The molecule has 1 aromatic rings. The number of aldehydes is 1. The van der Waals surface area contributed by atoms with E-state index in [4.69, 9.17) is 13.9 Å². The van der Waals surface area contributed by atoms with Crippen molar-refractivity contribution in [3.8, 4) is 11.7 Å². The number of hydrogen-bond donors (Lipinski definition) is 0. The van der Waals surface area contributed by atoms with E-state index < -0.39 is 0 Å². The van der Waals surface area contributed by atoms with Crippen LogP contribution >= 0.6 is 0 Å². The predicted molar refractivity (Wildman–Crippen MR) is 240 cm³/mol. The maximum absolute atomic E-state index is 11.5. The second kappa shape index (κ2) is 43.7. The molecule has 4 heteroatoms. The highest BCUT2D eigenvalue weighted by Gasteiger charge is 2.16. The molecule has 55 heavy (non-hydrogen) atoms. The minimum atomic E-state index is 0.374. The first-order chi connectivity index (χ1) is 27.3. The van der Waals surface area contributed by atoms with Crippen LogP contribution in [0.15, 0.2) is 10.7 Å². The summed E-state index contributed by atoms with van der Waals surface area (Å²) in [5, 5.41) is 0. The molecule has 0 bridgehead atoms. The molecule has 0 saturated carbocycles. The van der Waals surface area contributed by atoms with Crippen molar-refractivity contribution in [1.82, 2.24) is 0 Å². The summed E-state index contributed by atoms with van der Waals surface area (Å²) in [6, 6.07) is 0. The standard InChI is InChI=1S/C51H96O4/c1-3-5-7-9-11-13-15-17-19-21-23-25-27-29-31-33-35-37-39-41-43-45-53-50-49(47-52)48-55-51(50)54-46-44-42-40-38-36-34-32-30-28-26-24-22-20-18-16-14-12-10-8-6-4-2/h47-48H,3-46H2,1-2H3. The molecule has 0 saturated heterocycles. The van der Waals surface area contributed by atoms with Gasteiger partial charge in [-0.25, -0.2) is 0 Å². The monoisotopic (exact) mass is 773 g/mol. The Morgan fingerprint density at radius 1 is 0.364 bits per heavy atom. The van der Waals surface area contributed by atoms with Crippen molar-refractivity contribution < 1.29 is 18.7 Å². The van der Waals surface area contributed by atoms with Gasteiger partial charge in [-0.2, -0.15) is 0 Å². The first-order valence-electron chi connectivity index (χ1n) is 25.2. The van der Waals surface area contributed by atoms with E-state index in [0.717, 1.165) is 19.1 Å². The smallest absolute Gasteiger partial charge is 0.329 e. The van der Waals surface area contributed by atoms with Crippen LogP contribution in [0.25, 0.3) is 0 Å². The SMILES string of the molecule is CCCCCCCCCCCCCCCCCCCCCCCOc1occ(C=O)c1OCCCCCCCCCCCCCCCCCCCCCCC. The first kappa shape index (κ1) is 51.6. The normalized spacial score (nSPS) is 11.5. The van der Waals surface area contributed by atoms with Gasteiger partial charge in [-0.1, -0.05) is 271 Å². The highest BCUT2D eigenvalue weighted by molar-refractivity contribution is 5.80. The van der Waals surface area contributed by atoms with Crippen molar-refractivity contribution in [3.63, 3.8) is 0 Å². The van der Waals surface area contributed by atoms with Crippen molar-refractivity contribution in [2.75, 3.05) is 13.2 Å². The van der Waals surface area contributed by atoms with E-state index in [9.17, 15) is 4.79 Å². The molecule has 0 N–H and O–H groups in total. The molecule has 0 spiro atoms. The van der Waals surface area contributed by atoms with Gasteiger partial charge >= 0.3 is 5.95 Å². The zero-order chi connectivity index (χ0) is 39.4. The number of ether oxygens (including phenoxy) is 2. The molecular weight excluding hydrogens is 677 g/mol. The Bertz CT molecular complexity index is 878. The molecule has 1 heterocycles. The van der Waals surface area contributed by atoms with Gasteiger partial charge < -0.3 is 13.9 Å². The summed E-state index contributed by atoms with van der Waals surface area (Å²) in [7, 11) is 0. The maximum Gasteiger partial charge on any atom is 0.329 e. The molecule has 4 nitrogen and oxygen atoms in total. The van der Waals surface area contributed by atoms with Crippen molar-refractivity contribution in [2.45, 2.75) is 284 Å². The summed E-state index contributed by atoms with van der Waals surface area (Å²) in [6.45, 7) is 5.81. The molecule has 0 aromatic carbocycles. The molecule has 1 rings (SSSR count). The van der Waals surface area contributed by atoms with Crippen LogP contribution in [0.1, 0.15) is 294 Å². The number of rotatable bonds is 47. The highest BCUT2D eigenvalue weighted by Crippen LogP contribution is 2.33. The van der Waals surface area contributed by atoms with E-state index in [0.29, 0.717) is 30.5 Å². The predicted octanol–water partition coefficient (Wildman–Crippen LogP) is 18.3. The third-order valence-corrected chi connectivity index (χ3v) is 11.8. The summed E-state index contributed by atoms with van der Waals surface area (Å²) in [5.41, 5.74) is 0.456. The van der Waals surface area contributed by atoms with Gasteiger partial charge in [0.05, 0.1) is 18.8 Å². The Hall–Kier alpha value is -1.45. The van der Waals surface area contributed by atoms with Crippen molar-refractivity contribution in [3.05, 3.63) is 11.8 Å². The van der Waals surface area contributed by atoms with Crippen LogP contribution in [0.3, 0.4) is 0 Å². The van der Waals surface area contributed by atoms with Crippen molar-refractivity contribution in [1.29, 1.82) is 0 Å². The van der Waals surface area contributed by atoms with Crippen molar-refractivity contribution in [2.24, 2.45) is 0 Å². The number of hydrogen-bond acceptors (Lipinski definition) is 4. The molecule has 0 amide bonds. The van der Waals surface area contributed by atoms with Crippen molar-refractivity contribution >= 4 is 6.29 Å². The van der Waals surface area contributed by atoms with Gasteiger partial charge in [-0.15, -0.1) is 0 Å². The molecule has 324 valence electrons. The van der Waals surface area contributed by atoms with E-state index >= 15 is 0 Å². The first-order valence-corrected chi connectivity index (χ1v) is 25.2. The van der Waals surface area contributed by atoms with E-state index in [2.05, 4.69) is 13.8 Å². The average molecular weight is 773 g/mol. The quantitative estimate of drug-likeness (QED) is 0.0489. The van der Waals surface area contributed by atoms with Gasteiger partial charge in [0.2, 0.25) is 5.75 Å². The van der Waals surface area contributed by atoms with Crippen LogP contribution in [0.4, 0.5) is 0 Å². The molecule has 0 aliphatic heterocycles. The van der Waals surface area contributed by atoms with E-state index in [-0.39, 0.29) is 0 Å². The van der Waals surface area contributed by atoms with Crippen LogP contribution in [0.2, 0.25) is 0 Å². The fraction of sp³-hybridized carbons (Fsp3) is 0.902. The average Bonchev–Trinajstić information content (AvgIpc) is 3.60. The lowest BCUT2D eigenvalue weighted by Gasteiger charge is -2.08. The zero-order valence-corrected chi connectivity index (χ0v) is 37.4. The Morgan fingerprint density at radius 2 is 0.600 bits per heavy atom. The molecule has 0 aliphatic rings. The molecular formula is C51H96O4. The van der Waals surface area contributed by atoms with E-state index in [1.807, 2.05) is 0 Å². The maximum atomic E-state index is 11.5. The Morgan fingerprint density at radius 3 is 0.855 bits per heavy atom. The molecule has 0 radical (unpaired) electrons. The third-order valence-electron chi connectivity index (χ3n) is 11.8. The number of carbonyl (C=O) groups excluding carboxylic acids is 1. The molecule has 0 unspecified atom stereocenters. The van der Waals surface area contributed by atoms with Crippen LogP contribution in [0.5, 0.6) is 11.7 Å². The summed E-state index contributed by atoms with van der Waals surface area (Å²) < 4.78 is 17.5. The summed E-state index contributed by atoms with van der Waals surface area (Å²) in [4.78, 5) is 11.5. The minimum Gasteiger partial charge on any atom is -0.486 e. The lowest BCUT2D eigenvalue weighted by Crippen LogP contribution is -2.02. The van der Waals surface area contributed by atoms with E-state index in [1.54, 1.807) is 0 Å².